The molecule has 0 fully saturated rings. The van der Waals surface area contributed by atoms with Crippen LogP contribution in [-0.2, 0) is 16.0 Å². The summed E-state index contributed by atoms with van der Waals surface area (Å²) in [5, 5.41) is 11.3. The standard InChI is InChI=1S/C37H44N4O4/c1-24(2)22-32(40-34(42)30-16-12-28(13-17-30)25(3)4)36(44)38-20-21-39-37(45)33(23-27-10-8-7-9-11-27)41-35(43)31-18-14-29(15-19-31)26(5)6/h7-19,24,32-33H,3,5,20-23H2,1-2,4,6H3,(H,38,44)(H,39,45)(H,40,42)(H,41,43). The maximum atomic E-state index is 13.2. The Labute approximate surface area is 266 Å². The molecule has 0 aromatic heterocycles. The second-order valence-corrected chi connectivity index (χ2v) is 11.7. The van der Waals surface area contributed by atoms with E-state index in [9.17, 15) is 19.2 Å². The van der Waals surface area contributed by atoms with Crippen LogP contribution in [-0.4, -0.2) is 48.8 Å². The highest BCUT2D eigenvalue weighted by Gasteiger charge is 2.24. The van der Waals surface area contributed by atoms with Gasteiger partial charge in [-0.05, 0) is 67.1 Å². The largest absolute Gasteiger partial charge is 0.353 e. The second-order valence-electron chi connectivity index (χ2n) is 11.7. The van der Waals surface area contributed by atoms with Crippen LogP contribution in [0.15, 0.2) is 92.0 Å². The molecule has 2 atom stereocenters. The maximum Gasteiger partial charge on any atom is 0.251 e. The Kier molecular flexibility index (Phi) is 12.8. The third kappa shape index (κ3) is 10.9. The number of nitrogens with one attached hydrogen (secondary N) is 4. The number of amides is 4. The first-order valence-electron chi connectivity index (χ1n) is 15.2. The van der Waals surface area contributed by atoms with Gasteiger partial charge in [0.1, 0.15) is 12.1 Å². The van der Waals surface area contributed by atoms with Gasteiger partial charge in [0, 0.05) is 30.6 Å². The predicted octanol–water partition coefficient (Wildman–Crippen LogP) is 5.17. The number of hydrogen-bond donors (Lipinski definition) is 4. The van der Waals surface area contributed by atoms with E-state index in [4.69, 9.17) is 0 Å². The molecule has 0 spiro atoms. The van der Waals surface area contributed by atoms with Gasteiger partial charge in [-0.25, -0.2) is 0 Å². The minimum Gasteiger partial charge on any atom is -0.353 e. The Morgan fingerprint density at radius 3 is 1.42 bits per heavy atom. The minimum atomic E-state index is -0.833. The highest BCUT2D eigenvalue weighted by atomic mass is 16.2. The topological polar surface area (TPSA) is 116 Å². The van der Waals surface area contributed by atoms with Gasteiger partial charge in [-0.15, -0.1) is 0 Å². The molecule has 2 unspecified atom stereocenters. The number of carbonyl (C=O) groups excluding carboxylic acids is 4. The molecular weight excluding hydrogens is 564 g/mol. The zero-order valence-corrected chi connectivity index (χ0v) is 26.6. The second kappa shape index (κ2) is 16.8. The van der Waals surface area contributed by atoms with E-state index in [-0.39, 0.29) is 42.6 Å². The Morgan fingerprint density at radius 2 is 1.00 bits per heavy atom. The van der Waals surface area contributed by atoms with Gasteiger partial charge in [0.25, 0.3) is 11.8 Å². The Balaban J connectivity index is 1.59. The Morgan fingerprint density at radius 1 is 0.600 bits per heavy atom. The summed E-state index contributed by atoms with van der Waals surface area (Å²) in [4.78, 5) is 52.2. The molecule has 3 aromatic carbocycles. The first-order valence-corrected chi connectivity index (χ1v) is 15.2. The highest BCUT2D eigenvalue weighted by molar-refractivity contribution is 5.98. The van der Waals surface area contributed by atoms with Gasteiger partial charge in [-0.3, -0.25) is 19.2 Å². The fourth-order valence-corrected chi connectivity index (χ4v) is 4.68. The van der Waals surface area contributed by atoms with Crippen LogP contribution in [0.2, 0.25) is 0 Å². The van der Waals surface area contributed by atoms with E-state index in [0.717, 1.165) is 27.8 Å². The van der Waals surface area contributed by atoms with E-state index in [1.165, 1.54) is 0 Å². The summed E-state index contributed by atoms with van der Waals surface area (Å²) in [6.07, 6.45) is 0.747. The summed E-state index contributed by atoms with van der Waals surface area (Å²) in [5.74, 6) is -1.26. The molecular formula is C37H44N4O4. The molecule has 3 aromatic rings. The molecule has 0 saturated heterocycles. The fraction of sp³-hybridized carbons (Fsp3) is 0.297. The first-order chi connectivity index (χ1) is 21.4. The fourth-order valence-electron chi connectivity index (χ4n) is 4.68. The summed E-state index contributed by atoms with van der Waals surface area (Å²) < 4.78 is 0. The lowest BCUT2D eigenvalue weighted by atomic mass is 10.0. The van der Waals surface area contributed by atoms with Gasteiger partial charge in [0.15, 0.2) is 0 Å². The van der Waals surface area contributed by atoms with E-state index >= 15 is 0 Å². The molecule has 0 bridgehead atoms. The smallest absolute Gasteiger partial charge is 0.251 e. The molecule has 0 heterocycles. The SMILES string of the molecule is C=C(C)c1ccc(C(=O)NC(Cc2ccccc2)C(=O)NCCNC(=O)C(CC(C)C)NC(=O)c2ccc(C(=C)C)cc2)cc1. The van der Waals surface area contributed by atoms with Crippen molar-refractivity contribution in [3.8, 4) is 0 Å². The van der Waals surface area contributed by atoms with Crippen molar-refractivity contribution < 1.29 is 19.2 Å². The lowest BCUT2D eigenvalue weighted by molar-refractivity contribution is -0.124. The molecule has 0 radical (unpaired) electrons. The van der Waals surface area contributed by atoms with Crippen LogP contribution in [0, 0.1) is 5.92 Å². The molecule has 0 saturated carbocycles. The summed E-state index contributed by atoms with van der Waals surface area (Å²) >= 11 is 0. The van der Waals surface area contributed by atoms with Crippen molar-refractivity contribution in [2.24, 2.45) is 5.92 Å². The highest BCUT2D eigenvalue weighted by Crippen LogP contribution is 2.14. The summed E-state index contributed by atoms with van der Waals surface area (Å²) in [6.45, 7) is 15.9. The van der Waals surface area contributed by atoms with Gasteiger partial charge in [0.2, 0.25) is 11.8 Å². The van der Waals surface area contributed by atoms with Crippen LogP contribution in [0.1, 0.15) is 71.5 Å². The van der Waals surface area contributed by atoms with E-state index in [0.29, 0.717) is 24.0 Å². The monoisotopic (exact) mass is 608 g/mol. The number of allylic oxidation sites excluding steroid dienone is 2. The van der Waals surface area contributed by atoms with Crippen molar-refractivity contribution in [2.75, 3.05) is 13.1 Å². The normalized spacial score (nSPS) is 12.0. The molecule has 0 aliphatic rings. The zero-order chi connectivity index (χ0) is 32.9. The van der Waals surface area contributed by atoms with Crippen molar-refractivity contribution in [3.63, 3.8) is 0 Å². The van der Waals surface area contributed by atoms with Gasteiger partial charge in [-0.2, -0.15) is 0 Å². The van der Waals surface area contributed by atoms with Crippen molar-refractivity contribution in [2.45, 2.75) is 52.6 Å². The molecule has 8 heteroatoms. The lowest BCUT2D eigenvalue weighted by Crippen LogP contribution is -2.51. The Hall–Kier alpha value is -4.98. The van der Waals surface area contributed by atoms with E-state index < -0.39 is 12.1 Å². The molecule has 0 aliphatic heterocycles. The van der Waals surface area contributed by atoms with Crippen LogP contribution < -0.4 is 21.3 Å². The molecule has 45 heavy (non-hydrogen) atoms. The average Bonchev–Trinajstić information content (AvgIpc) is 3.02. The molecule has 3 rings (SSSR count). The van der Waals surface area contributed by atoms with E-state index in [1.54, 1.807) is 24.3 Å². The van der Waals surface area contributed by atoms with E-state index in [2.05, 4.69) is 34.4 Å². The van der Waals surface area contributed by atoms with Crippen LogP contribution in [0.25, 0.3) is 11.1 Å². The molecule has 4 amide bonds. The molecule has 4 N–H and O–H groups in total. The number of carbonyl (C=O) groups is 4. The van der Waals surface area contributed by atoms with Gasteiger partial charge >= 0.3 is 0 Å². The van der Waals surface area contributed by atoms with Gasteiger partial charge in [-0.1, -0.05) is 92.7 Å². The molecule has 8 nitrogen and oxygen atoms in total. The predicted molar refractivity (Wildman–Crippen MR) is 180 cm³/mol. The van der Waals surface area contributed by atoms with Crippen LogP contribution >= 0.6 is 0 Å². The van der Waals surface area contributed by atoms with Crippen molar-refractivity contribution >= 4 is 34.8 Å². The number of hydrogen-bond acceptors (Lipinski definition) is 4. The lowest BCUT2D eigenvalue weighted by Gasteiger charge is -2.21. The van der Waals surface area contributed by atoms with E-state index in [1.807, 2.05) is 82.3 Å². The third-order valence-electron chi connectivity index (χ3n) is 7.24. The van der Waals surface area contributed by atoms with Crippen molar-refractivity contribution in [1.82, 2.24) is 21.3 Å². The van der Waals surface area contributed by atoms with Crippen LogP contribution in [0.3, 0.4) is 0 Å². The first kappa shape index (κ1) is 34.5. The molecule has 236 valence electrons. The van der Waals surface area contributed by atoms with Gasteiger partial charge in [0.05, 0.1) is 0 Å². The Bertz CT molecular complexity index is 1500. The molecule has 0 aliphatic carbocycles. The summed E-state index contributed by atoms with van der Waals surface area (Å²) in [6, 6.07) is 22.0. The third-order valence-corrected chi connectivity index (χ3v) is 7.24. The summed E-state index contributed by atoms with van der Waals surface area (Å²) in [7, 11) is 0. The average molecular weight is 609 g/mol. The maximum absolute atomic E-state index is 13.2. The van der Waals surface area contributed by atoms with Crippen molar-refractivity contribution in [1.29, 1.82) is 0 Å². The quantitative estimate of drug-likeness (QED) is 0.178. The minimum absolute atomic E-state index is 0.143. The summed E-state index contributed by atoms with van der Waals surface area (Å²) in [5.41, 5.74) is 5.43. The van der Waals surface area contributed by atoms with Crippen molar-refractivity contribution in [3.05, 3.63) is 120 Å². The number of benzene rings is 3. The van der Waals surface area contributed by atoms with Crippen LogP contribution in [0.5, 0.6) is 0 Å². The van der Waals surface area contributed by atoms with Crippen LogP contribution in [0.4, 0.5) is 0 Å². The zero-order valence-electron chi connectivity index (χ0n) is 26.6. The van der Waals surface area contributed by atoms with Gasteiger partial charge < -0.3 is 21.3 Å². The number of rotatable bonds is 15.